The standard InChI is InChI=1S/C43H54O13/c1-5-6-7-8-9-19-26-50-42-37(49-4)36(48-3)34(56-42)32(27-47-2)52-43-38(55-41(46)31-24-17-12-18-25-31)35(54-40(45)30-22-15-11-16-23-30)33(53-43)28-51-39(44)29-20-13-10-14-21-29/h10-18,20-25,32-38,42-43H,5-9,19,26-28H2,1-4H3/t32-,33-,34-,35-,36+,37-,38+,42-,43+/m1/s1. The molecule has 3 aromatic rings. The van der Waals surface area contributed by atoms with E-state index in [0.717, 1.165) is 19.3 Å². The van der Waals surface area contributed by atoms with E-state index in [4.69, 9.17) is 47.4 Å². The van der Waals surface area contributed by atoms with Crippen LogP contribution in [0.4, 0.5) is 0 Å². The van der Waals surface area contributed by atoms with Crippen molar-refractivity contribution in [3.63, 3.8) is 0 Å². The van der Waals surface area contributed by atoms with Crippen LogP contribution in [-0.4, -0.2) is 114 Å². The Kier molecular flexibility index (Phi) is 17.3. The van der Waals surface area contributed by atoms with Crippen LogP contribution in [0.15, 0.2) is 91.0 Å². The lowest BCUT2D eigenvalue weighted by Gasteiger charge is -2.31. The fraction of sp³-hybridized carbons (Fsp3) is 0.512. The lowest BCUT2D eigenvalue weighted by atomic mass is 10.1. The molecule has 2 aliphatic heterocycles. The zero-order valence-corrected chi connectivity index (χ0v) is 32.5. The maximum atomic E-state index is 13.6. The van der Waals surface area contributed by atoms with E-state index >= 15 is 0 Å². The summed E-state index contributed by atoms with van der Waals surface area (Å²) in [6.45, 7) is 2.28. The molecule has 2 heterocycles. The Labute approximate surface area is 328 Å². The second-order valence-electron chi connectivity index (χ2n) is 13.6. The van der Waals surface area contributed by atoms with Gasteiger partial charge in [0.25, 0.3) is 0 Å². The van der Waals surface area contributed by atoms with Gasteiger partial charge in [0.15, 0.2) is 24.8 Å². The van der Waals surface area contributed by atoms with Gasteiger partial charge in [0.2, 0.25) is 0 Å². The molecule has 304 valence electrons. The number of rotatable bonds is 22. The van der Waals surface area contributed by atoms with Crippen LogP contribution in [-0.2, 0) is 47.4 Å². The first-order chi connectivity index (χ1) is 27.4. The minimum atomic E-state index is -1.36. The topological polar surface area (TPSA) is 144 Å². The van der Waals surface area contributed by atoms with Crippen LogP contribution >= 0.6 is 0 Å². The van der Waals surface area contributed by atoms with Crippen molar-refractivity contribution in [2.75, 3.05) is 41.2 Å². The average molecular weight is 779 g/mol. The molecule has 13 nitrogen and oxygen atoms in total. The summed E-state index contributed by atoms with van der Waals surface area (Å²) in [5, 5.41) is 0. The molecular weight excluding hydrogens is 724 g/mol. The molecule has 13 heteroatoms. The minimum Gasteiger partial charge on any atom is -0.459 e. The second-order valence-corrected chi connectivity index (χ2v) is 13.6. The highest BCUT2D eigenvalue weighted by Gasteiger charge is 2.55. The van der Waals surface area contributed by atoms with E-state index in [1.807, 2.05) is 0 Å². The Hall–Kier alpha value is -4.21. The molecule has 0 aliphatic carbocycles. The predicted molar refractivity (Wildman–Crippen MR) is 203 cm³/mol. The summed E-state index contributed by atoms with van der Waals surface area (Å²) >= 11 is 0. The molecule has 0 amide bonds. The maximum Gasteiger partial charge on any atom is 0.338 e. The van der Waals surface area contributed by atoms with Crippen molar-refractivity contribution in [1.29, 1.82) is 0 Å². The molecule has 0 saturated carbocycles. The van der Waals surface area contributed by atoms with E-state index in [0.29, 0.717) is 12.2 Å². The first kappa shape index (κ1) is 42.9. The van der Waals surface area contributed by atoms with E-state index in [9.17, 15) is 14.4 Å². The number of unbranched alkanes of at least 4 members (excludes halogenated alkanes) is 5. The van der Waals surface area contributed by atoms with Gasteiger partial charge in [0, 0.05) is 27.9 Å². The summed E-state index contributed by atoms with van der Waals surface area (Å²) in [7, 11) is 4.60. The lowest BCUT2D eigenvalue weighted by Crippen LogP contribution is -2.48. The van der Waals surface area contributed by atoms with Gasteiger partial charge in [-0.3, -0.25) is 0 Å². The van der Waals surface area contributed by atoms with Gasteiger partial charge >= 0.3 is 17.9 Å². The first-order valence-corrected chi connectivity index (χ1v) is 19.2. The van der Waals surface area contributed by atoms with E-state index < -0.39 is 73.2 Å². The molecule has 0 spiro atoms. The molecule has 0 radical (unpaired) electrons. The van der Waals surface area contributed by atoms with Crippen LogP contribution in [0.1, 0.15) is 76.5 Å². The summed E-state index contributed by atoms with van der Waals surface area (Å²) < 4.78 is 60.7. The molecule has 56 heavy (non-hydrogen) atoms. The van der Waals surface area contributed by atoms with Gasteiger partial charge in [-0.25, -0.2) is 14.4 Å². The summed E-state index contributed by atoms with van der Waals surface area (Å²) in [5.41, 5.74) is 0.814. The molecule has 5 rings (SSSR count). The van der Waals surface area contributed by atoms with Gasteiger partial charge in [0.05, 0.1) is 23.3 Å². The van der Waals surface area contributed by atoms with Crippen LogP contribution in [0.5, 0.6) is 0 Å². The highest BCUT2D eigenvalue weighted by molar-refractivity contribution is 5.91. The zero-order valence-electron chi connectivity index (χ0n) is 32.5. The molecule has 0 aromatic heterocycles. The molecular formula is C43H54O13. The fourth-order valence-corrected chi connectivity index (χ4v) is 6.78. The quantitative estimate of drug-likeness (QED) is 0.0651. The molecule has 0 unspecified atom stereocenters. The molecule has 3 aromatic carbocycles. The van der Waals surface area contributed by atoms with Crippen molar-refractivity contribution in [2.24, 2.45) is 0 Å². The highest BCUT2D eigenvalue weighted by atomic mass is 16.8. The Morgan fingerprint density at radius 3 is 1.70 bits per heavy atom. The summed E-state index contributed by atoms with van der Waals surface area (Å²) in [5.74, 6) is -2.05. The van der Waals surface area contributed by atoms with Gasteiger partial charge in [0.1, 0.15) is 37.1 Å². The molecule has 2 aliphatic rings. The number of esters is 3. The third-order valence-corrected chi connectivity index (χ3v) is 9.70. The number of carbonyl (C=O) groups excluding carboxylic acids is 3. The Morgan fingerprint density at radius 2 is 1.14 bits per heavy atom. The van der Waals surface area contributed by atoms with Crippen molar-refractivity contribution >= 4 is 17.9 Å². The van der Waals surface area contributed by atoms with Crippen molar-refractivity contribution in [3.8, 4) is 0 Å². The van der Waals surface area contributed by atoms with Crippen molar-refractivity contribution in [3.05, 3.63) is 108 Å². The largest absolute Gasteiger partial charge is 0.459 e. The van der Waals surface area contributed by atoms with Crippen LogP contribution in [0, 0.1) is 0 Å². The van der Waals surface area contributed by atoms with Crippen LogP contribution in [0.25, 0.3) is 0 Å². The Balaban J connectivity index is 1.40. The van der Waals surface area contributed by atoms with Crippen LogP contribution < -0.4 is 0 Å². The molecule has 0 bridgehead atoms. The van der Waals surface area contributed by atoms with Gasteiger partial charge in [-0.2, -0.15) is 0 Å². The second kappa shape index (κ2) is 22.5. The highest BCUT2D eigenvalue weighted by Crippen LogP contribution is 2.35. The predicted octanol–water partition coefficient (Wildman–Crippen LogP) is 6.18. The number of methoxy groups -OCH3 is 3. The van der Waals surface area contributed by atoms with Crippen molar-refractivity contribution in [2.45, 2.75) is 101 Å². The van der Waals surface area contributed by atoms with E-state index in [1.165, 1.54) is 26.4 Å². The van der Waals surface area contributed by atoms with Crippen LogP contribution in [0.3, 0.4) is 0 Å². The first-order valence-electron chi connectivity index (χ1n) is 19.2. The number of hydrogen-bond donors (Lipinski definition) is 0. The Bertz CT molecular complexity index is 1610. The fourth-order valence-electron chi connectivity index (χ4n) is 6.78. The minimum absolute atomic E-state index is 0.00749. The van der Waals surface area contributed by atoms with E-state index in [1.54, 1.807) is 105 Å². The monoisotopic (exact) mass is 778 g/mol. The van der Waals surface area contributed by atoms with Crippen molar-refractivity contribution < 1.29 is 61.8 Å². The molecule has 2 fully saturated rings. The molecule has 9 atom stereocenters. The van der Waals surface area contributed by atoms with Gasteiger partial charge in [-0.15, -0.1) is 0 Å². The maximum absolute atomic E-state index is 13.6. The normalized spacial score (nSPS) is 25.1. The van der Waals surface area contributed by atoms with Crippen LogP contribution in [0.2, 0.25) is 0 Å². The van der Waals surface area contributed by atoms with Gasteiger partial charge in [-0.05, 0) is 42.8 Å². The molecule has 2 saturated heterocycles. The summed E-state index contributed by atoms with van der Waals surface area (Å²) in [4.78, 5) is 40.2. The molecule has 0 N–H and O–H groups in total. The summed E-state index contributed by atoms with van der Waals surface area (Å²) in [6, 6.07) is 25.1. The van der Waals surface area contributed by atoms with Crippen molar-refractivity contribution in [1.82, 2.24) is 0 Å². The summed E-state index contributed by atoms with van der Waals surface area (Å²) in [6.07, 6.45) is -2.21. The van der Waals surface area contributed by atoms with Gasteiger partial charge < -0.3 is 47.4 Å². The third kappa shape index (κ3) is 11.7. The number of ether oxygens (including phenoxy) is 10. The smallest absolute Gasteiger partial charge is 0.338 e. The lowest BCUT2D eigenvalue weighted by molar-refractivity contribution is -0.242. The van der Waals surface area contributed by atoms with E-state index in [-0.39, 0.29) is 24.3 Å². The number of benzene rings is 3. The average Bonchev–Trinajstić information content (AvgIpc) is 3.76. The number of hydrogen-bond acceptors (Lipinski definition) is 13. The van der Waals surface area contributed by atoms with Gasteiger partial charge in [-0.1, -0.05) is 93.6 Å². The third-order valence-electron chi connectivity index (χ3n) is 9.70. The zero-order chi connectivity index (χ0) is 39.7. The van der Waals surface area contributed by atoms with E-state index in [2.05, 4.69) is 6.92 Å². The number of carbonyl (C=O) groups is 3. The Morgan fingerprint density at radius 1 is 0.607 bits per heavy atom. The SMILES string of the molecule is CCCCCCCCO[C@@H]1O[C@H]([C@@H](COC)O[C@H]2O[C@H](COC(=O)c3ccccc3)[C@@H](OC(=O)c3ccccc3)[C@@H]2OC(=O)c2ccccc2)[C@H](OC)[C@H]1OC.